The molecule has 0 radical (unpaired) electrons. The van der Waals surface area contributed by atoms with Gasteiger partial charge in [-0.3, -0.25) is 0 Å². The Balaban J connectivity index is 2.03. The minimum Gasteiger partial charge on any atom is -0.497 e. The van der Waals surface area contributed by atoms with E-state index in [1.807, 2.05) is 29.6 Å². The lowest BCUT2D eigenvalue weighted by molar-refractivity contribution is 0.243. The molecule has 2 N–H and O–H groups in total. The summed E-state index contributed by atoms with van der Waals surface area (Å²) in [6, 6.07) is 7.59. The molecule has 0 saturated heterocycles. The standard InChI is InChI=1S/C13H16N2O2S/c1-17-12-4-2-3-10(5-12)13(7-16)14-6-11-8-18-9-15-11/h2-5,8-9,13-14,16H,6-7H2,1H3. The summed E-state index contributed by atoms with van der Waals surface area (Å²) in [5, 5.41) is 14.7. The van der Waals surface area contributed by atoms with Crippen molar-refractivity contribution in [1.82, 2.24) is 10.3 Å². The second-order valence-corrected chi connectivity index (χ2v) is 4.59. The molecule has 0 fully saturated rings. The molecule has 1 unspecified atom stereocenters. The fourth-order valence-corrected chi connectivity index (χ4v) is 2.26. The minimum atomic E-state index is -0.109. The fourth-order valence-electron chi connectivity index (χ4n) is 1.70. The van der Waals surface area contributed by atoms with E-state index in [2.05, 4.69) is 10.3 Å². The van der Waals surface area contributed by atoms with Crippen LogP contribution < -0.4 is 10.1 Å². The molecular weight excluding hydrogens is 248 g/mol. The van der Waals surface area contributed by atoms with Gasteiger partial charge in [0.05, 0.1) is 31.0 Å². The number of thiazole rings is 1. The maximum absolute atomic E-state index is 9.45. The summed E-state index contributed by atoms with van der Waals surface area (Å²) in [5.41, 5.74) is 3.80. The van der Waals surface area contributed by atoms with E-state index < -0.39 is 0 Å². The van der Waals surface area contributed by atoms with Crippen LogP contribution in [0.3, 0.4) is 0 Å². The summed E-state index contributed by atoms with van der Waals surface area (Å²) in [6.07, 6.45) is 0. The van der Waals surface area contributed by atoms with Gasteiger partial charge in [0.1, 0.15) is 5.75 Å². The Morgan fingerprint density at radius 2 is 2.39 bits per heavy atom. The Hall–Kier alpha value is -1.43. The van der Waals surface area contributed by atoms with Crippen molar-refractivity contribution in [2.45, 2.75) is 12.6 Å². The van der Waals surface area contributed by atoms with E-state index in [0.717, 1.165) is 17.0 Å². The van der Waals surface area contributed by atoms with Crippen molar-refractivity contribution in [2.24, 2.45) is 0 Å². The summed E-state index contributed by atoms with van der Waals surface area (Å²) in [7, 11) is 1.63. The van der Waals surface area contributed by atoms with Crippen molar-refractivity contribution < 1.29 is 9.84 Å². The number of hydrogen-bond acceptors (Lipinski definition) is 5. The highest BCUT2D eigenvalue weighted by atomic mass is 32.1. The molecule has 2 aromatic rings. The molecule has 2 rings (SSSR count). The Bertz CT molecular complexity index is 474. The SMILES string of the molecule is COc1cccc(C(CO)NCc2cscn2)c1. The first-order chi connectivity index (χ1) is 8.83. The molecule has 0 aliphatic heterocycles. The highest BCUT2D eigenvalue weighted by molar-refractivity contribution is 7.07. The molecule has 4 nitrogen and oxygen atoms in total. The van der Waals surface area contributed by atoms with Gasteiger partial charge in [-0.25, -0.2) is 4.98 Å². The second kappa shape index (κ2) is 6.49. The Morgan fingerprint density at radius 3 is 3.06 bits per heavy atom. The predicted molar refractivity (Wildman–Crippen MR) is 71.8 cm³/mol. The molecule has 0 spiro atoms. The van der Waals surface area contributed by atoms with Crippen LogP contribution in [0.4, 0.5) is 0 Å². The third-order valence-corrected chi connectivity index (χ3v) is 3.33. The number of rotatable bonds is 6. The summed E-state index contributed by atoms with van der Waals surface area (Å²) < 4.78 is 5.18. The summed E-state index contributed by atoms with van der Waals surface area (Å²) in [4.78, 5) is 4.20. The van der Waals surface area contributed by atoms with Crippen molar-refractivity contribution in [3.05, 3.63) is 46.4 Å². The van der Waals surface area contributed by atoms with E-state index in [9.17, 15) is 5.11 Å². The van der Waals surface area contributed by atoms with Crippen LogP contribution in [0.15, 0.2) is 35.2 Å². The molecule has 1 atom stereocenters. The number of aliphatic hydroxyl groups excluding tert-OH is 1. The van der Waals surface area contributed by atoms with Crippen molar-refractivity contribution in [2.75, 3.05) is 13.7 Å². The fraction of sp³-hybridized carbons (Fsp3) is 0.308. The third-order valence-electron chi connectivity index (χ3n) is 2.69. The zero-order valence-corrected chi connectivity index (χ0v) is 11.0. The topological polar surface area (TPSA) is 54.4 Å². The largest absolute Gasteiger partial charge is 0.497 e. The van der Waals surface area contributed by atoms with Gasteiger partial charge in [0, 0.05) is 11.9 Å². The van der Waals surface area contributed by atoms with Crippen LogP contribution in [0.5, 0.6) is 5.75 Å². The van der Waals surface area contributed by atoms with Crippen molar-refractivity contribution in [1.29, 1.82) is 0 Å². The Kier molecular flexibility index (Phi) is 4.69. The highest BCUT2D eigenvalue weighted by Crippen LogP contribution is 2.19. The van der Waals surface area contributed by atoms with E-state index in [4.69, 9.17) is 4.74 Å². The molecule has 1 aromatic heterocycles. The van der Waals surface area contributed by atoms with Gasteiger partial charge < -0.3 is 15.2 Å². The number of hydrogen-bond donors (Lipinski definition) is 2. The maximum Gasteiger partial charge on any atom is 0.119 e. The number of aromatic nitrogens is 1. The molecule has 1 heterocycles. The highest BCUT2D eigenvalue weighted by Gasteiger charge is 2.10. The van der Waals surface area contributed by atoms with Crippen LogP contribution in [0.1, 0.15) is 17.3 Å². The normalized spacial score (nSPS) is 12.3. The molecule has 96 valence electrons. The quantitative estimate of drug-likeness (QED) is 0.837. The smallest absolute Gasteiger partial charge is 0.119 e. The van der Waals surface area contributed by atoms with Crippen LogP contribution >= 0.6 is 11.3 Å². The number of methoxy groups -OCH3 is 1. The molecule has 0 aliphatic carbocycles. The molecule has 18 heavy (non-hydrogen) atoms. The number of ether oxygens (including phenoxy) is 1. The number of aliphatic hydroxyl groups is 1. The van der Waals surface area contributed by atoms with Gasteiger partial charge in [-0.05, 0) is 17.7 Å². The van der Waals surface area contributed by atoms with Gasteiger partial charge in [0.25, 0.3) is 0 Å². The van der Waals surface area contributed by atoms with Gasteiger partial charge in [0.2, 0.25) is 0 Å². The maximum atomic E-state index is 9.45. The third kappa shape index (κ3) is 3.29. The molecular formula is C13H16N2O2S. The van der Waals surface area contributed by atoms with Gasteiger partial charge in [-0.2, -0.15) is 0 Å². The average molecular weight is 264 g/mol. The van der Waals surface area contributed by atoms with Gasteiger partial charge in [0.15, 0.2) is 0 Å². The van der Waals surface area contributed by atoms with Crippen LogP contribution in [-0.4, -0.2) is 23.8 Å². The van der Waals surface area contributed by atoms with E-state index in [1.165, 1.54) is 0 Å². The zero-order valence-electron chi connectivity index (χ0n) is 10.2. The number of benzene rings is 1. The van der Waals surface area contributed by atoms with Crippen LogP contribution in [-0.2, 0) is 6.54 Å². The van der Waals surface area contributed by atoms with Crippen LogP contribution in [0, 0.1) is 0 Å². The first-order valence-corrected chi connectivity index (χ1v) is 6.63. The molecule has 0 aliphatic rings. The lowest BCUT2D eigenvalue weighted by Crippen LogP contribution is -2.24. The van der Waals surface area contributed by atoms with Crippen LogP contribution in [0.2, 0.25) is 0 Å². The van der Waals surface area contributed by atoms with Gasteiger partial charge >= 0.3 is 0 Å². The van der Waals surface area contributed by atoms with Gasteiger partial charge in [-0.1, -0.05) is 12.1 Å². The first kappa shape index (κ1) is 13.0. The molecule has 5 heteroatoms. The number of nitrogens with zero attached hydrogens (tertiary/aromatic N) is 1. The molecule has 0 saturated carbocycles. The van der Waals surface area contributed by atoms with Crippen LogP contribution in [0.25, 0.3) is 0 Å². The average Bonchev–Trinajstić information content (AvgIpc) is 2.93. The lowest BCUT2D eigenvalue weighted by Gasteiger charge is -2.16. The second-order valence-electron chi connectivity index (χ2n) is 3.87. The summed E-state index contributed by atoms with van der Waals surface area (Å²) in [6.45, 7) is 0.684. The Labute approximate surface area is 110 Å². The first-order valence-electron chi connectivity index (χ1n) is 5.68. The monoisotopic (exact) mass is 264 g/mol. The minimum absolute atomic E-state index is 0.0390. The Morgan fingerprint density at radius 1 is 1.50 bits per heavy atom. The molecule has 0 bridgehead atoms. The van der Waals surface area contributed by atoms with E-state index in [-0.39, 0.29) is 12.6 Å². The number of nitrogens with one attached hydrogen (secondary N) is 1. The van der Waals surface area contributed by atoms with Crippen molar-refractivity contribution in [3.8, 4) is 5.75 Å². The van der Waals surface area contributed by atoms with E-state index in [0.29, 0.717) is 6.54 Å². The zero-order chi connectivity index (χ0) is 12.8. The molecule has 0 amide bonds. The van der Waals surface area contributed by atoms with Gasteiger partial charge in [-0.15, -0.1) is 11.3 Å². The lowest BCUT2D eigenvalue weighted by atomic mass is 10.1. The predicted octanol–water partition coefficient (Wildman–Crippen LogP) is 1.97. The summed E-state index contributed by atoms with van der Waals surface area (Å²) >= 11 is 1.57. The van der Waals surface area contributed by atoms with E-state index >= 15 is 0 Å². The van der Waals surface area contributed by atoms with Crippen molar-refractivity contribution in [3.63, 3.8) is 0 Å². The summed E-state index contributed by atoms with van der Waals surface area (Å²) in [5.74, 6) is 0.793. The molecule has 1 aromatic carbocycles. The van der Waals surface area contributed by atoms with Crippen molar-refractivity contribution >= 4 is 11.3 Å². The van der Waals surface area contributed by atoms with E-state index in [1.54, 1.807) is 24.0 Å².